The van der Waals surface area contributed by atoms with E-state index in [1.54, 1.807) is 6.92 Å². The molecule has 2 aromatic heterocycles. The smallest absolute Gasteiger partial charge is 0.332 e. The molecule has 10 heteroatoms. The molecule has 0 aliphatic carbocycles. The Morgan fingerprint density at radius 1 is 1.37 bits per heavy atom. The minimum Gasteiger partial charge on any atom is -0.357 e. The highest BCUT2D eigenvalue weighted by molar-refractivity contribution is 6.28. The van der Waals surface area contributed by atoms with E-state index in [0.29, 0.717) is 11.7 Å². The van der Waals surface area contributed by atoms with Gasteiger partial charge in [-0.15, -0.1) is 0 Å². The lowest BCUT2D eigenvalue weighted by molar-refractivity contribution is -0.385. The Morgan fingerprint density at radius 3 is 2.68 bits per heavy atom. The van der Waals surface area contributed by atoms with Crippen molar-refractivity contribution in [2.45, 2.75) is 20.4 Å². The van der Waals surface area contributed by atoms with Gasteiger partial charge in [-0.2, -0.15) is 9.97 Å². The van der Waals surface area contributed by atoms with Gasteiger partial charge in [-0.1, -0.05) is 5.16 Å². The predicted octanol–water partition coefficient (Wildman–Crippen LogP) is 1.65. The average molecular weight is 285 g/mol. The molecule has 2 aromatic rings. The molecule has 19 heavy (non-hydrogen) atoms. The third-order valence-electron chi connectivity index (χ3n) is 2.20. The van der Waals surface area contributed by atoms with E-state index in [2.05, 4.69) is 25.4 Å². The second-order valence-corrected chi connectivity index (χ2v) is 3.95. The van der Waals surface area contributed by atoms with Crippen LogP contribution in [0.3, 0.4) is 0 Å². The summed E-state index contributed by atoms with van der Waals surface area (Å²) < 4.78 is 4.78. The highest BCUT2D eigenvalue weighted by Gasteiger charge is 2.21. The van der Waals surface area contributed by atoms with Gasteiger partial charge in [-0.25, -0.2) is 4.98 Å². The van der Waals surface area contributed by atoms with Gasteiger partial charge in [0, 0.05) is 6.92 Å². The normalized spacial score (nSPS) is 10.5. The summed E-state index contributed by atoms with van der Waals surface area (Å²) in [5.41, 5.74) is -0.0543. The Hall–Kier alpha value is -2.29. The number of rotatable bonds is 4. The van der Waals surface area contributed by atoms with E-state index in [1.165, 1.54) is 6.92 Å². The van der Waals surface area contributed by atoms with Crippen LogP contribution in [0.25, 0.3) is 0 Å². The quantitative estimate of drug-likeness (QED) is 0.511. The average Bonchev–Trinajstić information content (AvgIpc) is 2.71. The largest absolute Gasteiger partial charge is 0.357 e. The lowest BCUT2D eigenvalue weighted by Crippen LogP contribution is -2.08. The molecule has 0 atom stereocenters. The van der Waals surface area contributed by atoms with Crippen molar-refractivity contribution in [1.82, 2.24) is 20.1 Å². The zero-order chi connectivity index (χ0) is 14.0. The van der Waals surface area contributed by atoms with Crippen molar-refractivity contribution in [1.29, 1.82) is 0 Å². The molecule has 100 valence electrons. The molecule has 1 N–H and O–H groups in total. The van der Waals surface area contributed by atoms with Crippen molar-refractivity contribution in [2.75, 3.05) is 5.32 Å². The van der Waals surface area contributed by atoms with Crippen LogP contribution in [0.4, 0.5) is 11.5 Å². The van der Waals surface area contributed by atoms with Gasteiger partial charge in [0.1, 0.15) is 5.69 Å². The summed E-state index contributed by atoms with van der Waals surface area (Å²) in [6.45, 7) is 3.25. The molecule has 0 unspecified atom stereocenters. The maximum Gasteiger partial charge on any atom is 0.332 e. The van der Waals surface area contributed by atoms with Crippen LogP contribution in [-0.2, 0) is 6.54 Å². The van der Waals surface area contributed by atoms with E-state index in [1.807, 2.05) is 0 Å². The maximum atomic E-state index is 11.0. The number of anilines is 1. The standard InChI is InChI=1S/C9H9ClN6O3/c1-4-7(16(17)18)8(14-9(10)12-4)11-3-6-13-5(2)19-15-6/h3H2,1-2H3,(H,11,12,14). The Balaban J connectivity index is 2.26. The molecule has 0 bridgehead atoms. The Labute approximate surface area is 112 Å². The third-order valence-corrected chi connectivity index (χ3v) is 2.37. The Kier molecular flexibility index (Phi) is 3.56. The number of nitrogens with zero attached hydrogens (tertiary/aromatic N) is 5. The van der Waals surface area contributed by atoms with Crippen molar-refractivity contribution in [3.63, 3.8) is 0 Å². The fraction of sp³-hybridized carbons (Fsp3) is 0.333. The predicted molar refractivity (Wildman–Crippen MR) is 64.8 cm³/mol. The zero-order valence-electron chi connectivity index (χ0n) is 10.0. The van der Waals surface area contributed by atoms with E-state index in [0.717, 1.165) is 0 Å². The van der Waals surface area contributed by atoms with Gasteiger partial charge in [-0.05, 0) is 18.5 Å². The fourth-order valence-electron chi connectivity index (χ4n) is 1.45. The van der Waals surface area contributed by atoms with E-state index < -0.39 is 4.92 Å². The summed E-state index contributed by atoms with van der Waals surface area (Å²) in [5.74, 6) is 0.785. The first-order valence-electron chi connectivity index (χ1n) is 5.19. The van der Waals surface area contributed by atoms with Gasteiger partial charge in [0.05, 0.1) is 11.5 Å². The second-order valence-electron chi connectivity index (χ2n) is 3.62. The van der Waals surface area contributed by atoms with Crippen LogP contribution in [0.2, 0.25) is 5.28 Å². The van der Waals surface area contributed by atoms with Crippen LogP contribution in [0.1, 0.15) is 17.4 Å². The molecule has 0 aliphatic rings. The number of hydrogen-bond acceptors (Lipinski definition) is 8. The molecule has 0 amide bonds. The van der Waals surface area contributed by atoms with Crippen LogP contribution in [0, 0.1) is 24.0 Å². The van der Waals surface area contributed by atoms with Crippen molar-refractivity contribution in [3.05, 3.63) is 32.8 Å². The molecule has 0 saturated heterocycles. The first kappa shape index (κ1) is 13.1. The minimum atomic E-state index is -0.574. The molecular formula is C9H9ClN6O3. The summed E-state index contributed by atoms with van der Waals surface area (Å²) in [5, 5.41) is 17.3. The highest BCUT2D eigenvalue weighted by Crippen LogP contribution is 2.26. The van der Waals surface area contributed by atoms with Crippen molar-refractivity contribution >= 4 is 23.1 Å². The summed E-state index contributed by atoms with van der Waals surface area (Å²) in [6, 6.07) is 0. The summed E-state index contributed by atoms with van der Waals surface area (Å²) in [6.07, 6.45) is 0. The van der Waals surface area contributed by atoms with Gasteiger partial charge in [0.2, 0.25) is 17.0 Å². The number of aromatic nitrogens is 4. The topological polar surface area (TPSA) is 120 Å². The fourth-order valence-corrected chi connectivity index (χ4v) is 1.66. The summed E-state index contributed by atoms with van der Waals surface area (Å²) >= 11 is 5.68. The van der Waals surface area contributed by atoms with Gasteiger partial charge in [-0.3, -0.25) is 10.1 Å². The molecule has 2 rings (SSSR count). The van der Waals surface area contributed by atoms with Crippen LogP contribution in [0.15, 0.2) is 4.52 Å². The monoisotopic (exact) mass is 284 g/mol. The van der Waals surface area contributed by atoms with Gasteiger partial charge < -0.3 is 9.84 Å². The Bertz CT molecular complexity index is 628. The lowest BCUT2D eigenvalue weighted by atomic mass is 10.3. The van der Waals surface area contributed by atoms with E-state index in [-0.39, 0.29) is 29.0 Å². The summed E-state index contributed by atoms with van der Waals surface area (Å²) in [7, 11) is 0. The number of hydrogen-bond donors (Lipinski definition) is 1. The second kappa shape index (κ2) is 5.14. The van der Waals surface area contributed by atoms with Gasteiger partial charge in [0.15, 0.2) is 5.82 Å². The van der Waals surface area contributed by atoms with Crippen LogP contribution >= 0.6 is 11.6 Å². The molecule has 9 nitrogen and oxygen atoms in total. The van der Waals surface area contributed by atoms with Gasteiger partial charge >= 0.3 is 5.69 Å². The van der Waals surface area contributed by atoms with E-state index >= 15 is 0 Å². The number of aryl methyl sites for hydroxylation is 2. The minimum absolute atomic E-state index is 0.0185. The Morgan fingerprint density at radius 2 is 2.11 bits per heavy atom. The van der Waals surface area contributed by atoms with Crippen molar-refractivity contribution in [2.24, 2.45) is 0 Å². The number of halogens is 1. The molecule has 0 aliphatic heterocycles. The van der Waals surface area contributed by atoms with Crippen molar-refractivity contribution in [3.8, 4) is 0 Å². The van der Waals surface area contributed by atoms with Crippen LogP contribution < -0.4 is 5.32 Å². The van der Waals surface area contributed by atoms with Gasteiger partial charge in [0.25, 0.3) is 0 Å². The first-order chi connectivity index (χ1) is 8.97. The molecule has 0 saturated carbocycles. The molecule has 0 fully saturated rings. The molecular weight excluding hydrogens is 276 g/mol. The number of nitrogens with one attached hydrogen (secondary N) is 1. The zero-order valence-corrected chi connectivity index (χ0v) is 10.8. The maximum absolute atomic E-state index is 11.0. The molecule has 0 aromatic carbocycles. The summed E-state index contributed by atoms with van der Waals surface area (Å²) in [4.78, 5) is 21.9. The lowest BCUT2D eigenvalue weighted by Gasteiger charge is -2.05. The first-order valence-corrected chi connectivity index (χ1v) is 5.56. The van der Waals surface area contributed by atoms with Crippen molar-refractivity contribution < 1.29 is 9.45 Å². The SMILES string of the molecule is Cc1nc(CNc2nc(Cl)nc(C)c2[N+](=O)[O-])no1. The molecule has 0 spiro atoms. The highest BCUT2D eigenvalue weighted by atomic mass is 35.5. The molecule has 0 radical (unpaired) electrons. The van der Waals surface area contributed by atoms with Crippen LogP contribution in [-0.4, -0.2) is 25.0 Å². The van der Waals surface area contributed by atoms with Crippen LogP contribution in [0.5, 0.6) is 0 Å². The van der Waals surface area contributed by atoms with E-state index in [4.69, 9.17) is 16.1 Å². The third kappa shape index (κ3) is 2.94. The number of nitro groups is 1. The molecule has 2 heterocycles. The van der Waals surface area contributed by atoms with E-state index in [9.17, 15) is 10.1 Å².